The van der Waals surface area contributed by atoms with Crippen LogP contribution in [0.3, 0.4) is 0 Å². The minimum atomic E-state index is -0.403. The first-order chi connectivity index (χ1) is 9.61. The van der Waals surface area contributed by atoms with E-state index < -0.39 is 5.97 Å². The van der Waals surface area contributed by atoms with Crippen LogP contribution in [0, 0.1) is 11.8 Å². The van der Waals surface area contributed by atoms with E-state index in [1.807, 2.05) is 12.1 Å². The van der Waals surface area contributed by atoms with Crippen LogP contribution in [0.4, 0.5) is 0 Å². The molecule has 2 N–H and O–H groups in total. The molecule has 0 saturated heterocycles. The zero-order valence-corrected chi connectivity index (χ0v) is 11.2. The van der Waals surface area contributed by atoms with Gasteiger partial charge in [0.25, 0.3) is 0 Å². The summed E-state index contributed by atoms with van der Waals surface area (Å²) in [5.74, 6) is 5.20. The van der Waals surface area contributed by atoms with Crippen LogP contribution in [0.15, 0.2) is 24.4 Å². The number of ether oxygens (including phenoxy) is 1. The number of hydrogen-bond acceptors (Lipinski definition) is 3. The van der Waals surface area contributed by atoms with Crippen LogP contribution >= 0.6 is 0 Å². The van der Waals surface area contributed by atoms with E-state index in [4.69, 9.17) is 4.74 Å². The molecule has 2 aromatic rings. The minimum Gasteiger partial charge on any atom is -0.465 e. The molecule has 1 aromatic heterocycles. The molecule has 1 heterocycles. The highest BCUT2D eigenvalue weighted by molar-refractivity contribution is 6.04. The van der Waals surface area contributed by atoms with E-state index in [9.17, 15) is 9.59 Å². The van der Waals surface area contributed by atoms with Crippen molar-refractivity contribution in [3.63, 3.8) is 0 Å². The van der Waals surface area contributed by atoms with Crippen molar-refractivity contribution < 1.29 is 14.3 Å². The van der Waals surface area contributed by atoms with E-state index in [2.05, 4.69) is 22.1 Å². The van der Waals surface area contributed by atoms with Crippen molar-refractivity contribution in [1.29, 1.82) is 0 Å². The van der Waals surface area contributed by atoms with Crippen molar-refractivity contribution in [2.75, 3.05) is 13.7 Å². The molecule has 0 fully saturated rings. The third-order valence-electron chi connectivity index (χ3n) is 2.73. The quantitative estimate of drug-likeness (QED) is 0.641. The highest BCUT2D eigenvalue weighted by atomic mass is 16.5. The Morgan fingerprint density at radius 2 is 2.20 bits per heavy atom. The maximum atomic E-state index is 11.8. The number of fused-ring (bicyclic) bond motifs is 1. The van der Waals surface area contributed by atoms with Gasteiger partial charge in [-0.2, -0.15) is 0 Å². The molecule has 1 aromatic carbocycles. The van der Waals surface area contributed by atoms with E-state index in [1.54, 1.807) is 12.3 Å². The number of aromatic nitrogens is 1. The molecule has 5 nitrogen and oxygen atoms in total. The van der Waals surface area contributed by atoms with Gasteiger partial charge in [0.15, 0.2) is 0 Å². The molecule has 0 atom stereocenters. The van der Waals surface area contributed by atoms with Crippen LogP contribution in [0.1, 0.15) is 22.8 Å². The molecule has 0 aliphatic rings. The maximum absolute atomic E-state index is 11.8. The van der Waals surface area contributed by atoms with Crippen LogP contribution in [-0.4, -0.2) is 30.5 Å². The lowest BCUT2D eigenvalue weighted by molar-refractivity contribution is -0.118. The van der Waals surface area contributed by atoms with Gasteiger partial charge in [-0.25, -0.2) is 4.79 Å². The average Bonchev–Trinajstić information content (AvgIpc) is 2.89. The van der Waals surface area contributed by atoms with Gasteiger partial charge in [-0.15, -0.1) is 0 Å². The lowest BCUT2D eigenvalue weighted by atomic mass is 10.1. The molecule has 20 heavy (non-hydrogen) atoms. The molecule has 102 valence electrons. The summed E-state index contributed by atoms with van der Waals surface area (Å²) >= 11 is 0. The van der Waals surface area contributed by atoms with Gasteiger partial charge in [-0.05, 0) is 18.2 Å². The Balaban J connectivity index is 2.35. The van der Waals surface area contributed by atoms with Crippen molar-refractivity contribution in [2.45, 2.75) is 6.92 Å². The molecule has 5 heteroatoms. The first-order valence-corrected chi connectivity index (χ1v) is 6.04. The molecule has 0 saturated carbocycles. The number of H-pyrrole nitrogens is 1. The summed E-state index contributed by atoms with van der Waals surface area (Å²) in [4.78, 5) is 25.5. The zero-order valence-electron chi connectivity index (χ0n) is 11.2. The number of hydrogen-bond donors (Lipinski definition) is 2. The highest BCUT2D eigenvalue weighted by Gasteiger charge is 2.12. The lowest BCUT2D eigenvalue weighted by Crippen LogP contribution is -2.19. The van der Waals surface area contributed by atoms with E-state index in [1.165, 1.54) is 14.0 Å². The summed E-state index contributed by atoms with van der Waals surface area (Å²) in [5, 5.41) is 3.38. The van der Waals surface area contributed by atoms with Gasteiger partial charge in [-0.1, -0.05) is 11.8 Å². The average molecular weight is 270 g/mol. The molecular formula is C15H14N2O3. The maximum Gasteiger partial charge on any atom is 0.338 e. The second-order valence-electron chi connectivity index (χ2n) is 4.17. The summed E-state index contributed by atoms with van der Waals surface area (Å²) in [6, 6.07) is 5.35. The van der Waals surface area contributed by atoms with Crippen LogP contribution in [0.25, 0.3) is 10.9 Å². The summed E-state index contributed by atoms with van der Waals surface area (Å²) in [6.45, 7) is 1.70. The van der Waals surface area contributed by atoms with Crippen LogP contribution in [-0.2, 0) is 9.53 Å². The minimum absolute atomic E-state index is 0.130. The molecule has 0 aliphatic heterocycles. The smallest absolute Gasteiger partial charge is 0.338 e. The van der Waals surface area contributed by atoms with Gasteiger partial charge in [0.2, 0.25) is 5.91 Å². The third kappa shape index (κ3) is 2.98. The predicted molar refractivity (Wildman–Crippen MR) is 75.2 cm³/mol. The predicted octanol–water partition coefficient (Wildman–Crippen LogP) is 1.44. The number of amides is 1. The molecule has 1 amide bonds. The molecule has 0 aliphatic carbocycles. The number of rotatable bonds is 2. The normalized spacial score (nSPS) is 9.70. The number of carbonyl (C=O) groups excluding carboxylic acids is 2. The molecule has 0 spiro atoms. The number of esters is 1. The number of benzene rings is 1. The SMILES string of the molecule is COC(=O)c1cc(C#CCNC(C)=O)cc2[nH]ccc12. The number of nitrogens with one attached hydrogen (secondary N) is 2. The second-order valence-corrected chi connectivity index (χ2v) is 4.17. The largest absolute Gasteiger partial charge is 0.465 e. The van der Waals surface area contributed by atoms with Gasteiger partial charge in [-0.3, -0.25) is 4.79 Å². The topological polar surface area (TPSA) is 71.2 Å². The fourth-order valence-corrected chi connectivity index (χ4v) is 1.83. The molecule has 2 rings (SSSR count). The van der Waals surface area contributed by atoms with Gasteiger partial charge < -0.3 is 15.0 Å². The van der Waals surface area contributed by atoms with E-state index >= 15 is 0 Å². The van der Waals surface area contributed by atoms with Crippen molar-refractivity contribution >= 4 is 22.8 Å². The summed E-state index contributed by atoms with van der Waals surface area (Å²) in [6.07, 6.45) is 1.76. The fraction of sp³-hybridized carbons (Fsp3) is 0.200. The Kier molecular flexibility index (Phi) is 4.06. The second kappa shape index (κ2) is 5.93. The van der Waals surface area contributed by atoms with Gasteiger partial charge >= 0.3 is 5.97 Å². The Morgan fingerprint density at radius 1 is 1.40 bits per heavy atom. The van der Waals surface area contributed by atoms with E-state index in [-0.39, 0.29) is 12.5 Å². The first kappa shape index (κ1) is 13.7. The van der Waals surface area contributed by atoms with Crippen LogP contribution in [0.5, 0.6) is 0 Å². The number of aromatic amines is 1. The standard InChI is InChI=1S/C15H14N2O3/c1-10(18)16-6-3-4-11-8-13(15(19)20-2)12-5-7-17-14(12)9-11/h5,7-9,17H,6H2,1-2H3,(H,16,18). The van der Waals surface area contributed by atoms with Crippen molar-refractivity contribution in [2.24, 2.45) is 0 Å². The Labute approximate surface area is 116 Å². The summed E-state index contributed by atoms with van der Waals surface area (Å²) < 4.78 is 4.77. The lowest BCUT2D eigenvalue weighted by Gasteiger charge is -2.02. The Morgan fingerprint density at radius 3 is 2.90 bits per heavy atom. The Hall–Kier alpha value is -2.74. The fourth-order valence-electron chi connectivity index (χ4n) is 1.83. The van der Waals surface area contributed by atoms with Gasteiger partial charge in [0.1, 0.15) is 0 Å². The molecule has 0 radical (unpaired) electrons. The van der Waals surface area contributed by atoms with Crippen molar-refractivity contribution in [3.8, 4) is 11.8 Å². The molecular weight excluding hydrogens is 256 g/mol. The highest BCUT2D eigenvalue weighted by Crippen LogP contribution is 2.20. The molecule has 0 bridgehead atoms. The number of methoxy groups -OCH3 is 1. The van der Waals surface area contributed by atoms with Crippen molar-refractivity contribution in [3.05, 3.63) is 35.5 Å². The van der Waals surface area contributed by atoms with Gasteiger partial charge in [0.05, 0.1) is 19.2 Å². The first-order valence-electron chi connectivity index (χ1n) is 6.04. The van der Waals surface area contributed by atoms with Crippen LogP contribution in [0.2, 0.25) is 0 Å². The van der Waals surface area contributed by atoms with E-state index in [0.29, 0.717) is 11.1 Å². The third-order valence-corrected chi connectivity index (χ3v) is 2.73. The monoisotopic (exact) mass is 270 g/mol. The van der Waals surface area contributed by atoms with E-state index in [0.717, 1.165) is 10.9 Å². The van der Waals surface area contributed by atoms with Gasteiger partial charge in [0, 0.05) is 29.6 Å². The summed E-state index contributed by atoms with van der Waals surface area (Å²) in [5.41, 5.74) is 1.97. The summed E-state index contributed by atoms with van der Waals surface area (Å²) in [7, 11) is 1.34. The van der Waals surface area contributed by atoms with Crippen molar-refractivity contribution in [1.82, 2.24) is 10.3 Å². The Bertz CT molecular complexity index is 720. The zero-order chi connectivity index (χ0) is 14.5. The molecule has 0 unspecified atom stereocenters. The van der Waals surface area contributed by atoms with Crippen LogP contribution < -0.4 is 5.32 Å². The number of carbonyl (C=O) groups is 2.